The Hall–Kier alpha value is -2.21. The molecular formula is C18H22N4O2. The highest BCUT2D eigenvalue weighted by molar-refractivity contribution is 5.79. The summed E-state index contributed by atoms with van der Waals surface area (Å²) in [6, 6.07) is 8.24. The molecule has 6 heteroatoms. The normalized spacial score (nSPS) is 23.8. The Morgan fingerprint density at radius 2 is 2.12 bits per heavy atom. The Kier molecular flexibility index (Phi) is 4.06. The zero-order chi connectivity index (χ0) is 16.5. The highest BCUT2D eigenvalue weighted by Crippen LogP contribution is 2.28. The molecule has 1 aliphatic heterocycles. The third-order valence-electron chi connectivity index (χ3n) is 5.14. The third kappa shape index (κ3) is 2.82. The van der Waals surface area contributed by atoms with E-state index in [1.807, 2.05) is 17.0 Å². The van der Waals surface area contributed by atoms with Crippen LogP contribution in [-0.2, 0) is 22.4 Å². The summed E-state index contributed by atoms with van der Waals surface area (Å²) in [5.41, 5.74) is 4.35. The number of aryl methyl sites for hydroxylation is 2. The molecule has 0 spiro atoms. The van der Waals surface area contributed by atoms with Crippen molar-refractivity contribution in [2.75, 3.05) is 19.7 Å². The first kappa shape index (κ1) is 15.3. The number of nitrogens with zero attached hydrogens (tertiary/aromatic N) is 3. The summed E-state index contributed by atoms with van der Waals surface area (Å²) in [4.78, 5) is 14.9. The van der Waals surface area contributed by atoms with Gasteiger partial charge < -0.3 is 9.64 Å². The van der Waals surface area contributed by atoms with Crippen molar-refractivity contribution < 1.29 is 9.53 Å². The minimum Gasteiger partial charge on any atom is -0.370 e. The first-order chi connectivity index (χ1) is 11.7. The Morgan fingerprint density at radius 3 is 3.00 bits per heavy atom. The van der Waals surface area contributed by atoms with Crippen LogP contribution in [0, 0.1) is 12.8 Å². The summed E-state index contributed by atoms with van der Waals surface area (Å²) in [5.74, 6) is 0.240. The van der Waals surface area contributed by atoms with Crippen LogP contribution in [0.5, 0.6) is 0 Å². The lowest BCUT2D eigenvalue weighted by Crippen LogP contribution is -2.46. The van der Waals surface area contributed by atoms with E-state index in [4.69, 9.17) is 4.74 Å². The monoisotopic (exact) mass is 326 g/mol. The molecule has 0 radical (unpaired) electrons. The summed E-state index contributed by atoms with van der Waals surface area (Å²) in [6.45, 7) is 3.98. The number of morpholine rings is 1. The molecule has 6 nitrogen and oxygen atoms in total. The highest BCUT2D eigenvalue weighted by atomic mass is 16.5. The number of carbonyl (C=O) groups is 1. The number of nitrogens with one attached hydrogen (secondary N) is 1. The van der Waals surface area contributed by atoms with E-state index in [0.717, 1.165) is 24.2 Å². The molecular weight excluding hydrogens is 304 g/mol. The number of H-pyrrole nitrogens is 1. The average molecular weight is 326 g/mol. The van der Waals surface area contributed by atoms with Crippen molar-refractivity contribution >= 4 is 5.91 Å². The number of aromatic amines is 1. The molecule has 1 fully saturated rings. The van der Waals surface area contributed by atoms with Crippen molar-refractivity contribution in [2.24, 2.45) is 5.92 Å². The number of rotatable bonds is 2. The summed E-state index contributed by atoms with van der Waals surface area (Å²) < 4.78 is 5.94. The predicted molar refractivity (Wildman–Crippen MR) is 88.3 cm³/mol. The Balaban J connectivity index is 1.46. The summed E-state index contributed by atoms with van der Waals surface area (Å²) in [6.07, 6.45) is 2.34. The molecule has 1 N–H and O–H groups in total. The fraction of sp³-hybridized carbons (Fsp3) is 0.500. The fourth-order valence-corrected chi connectivity index (χ4v) is 3.74. The second kappa shape index (κ2) is 6.36. The van der Waals surface area contributed by atoms with Crippen molar-refractivity contribution in [3.63, 3.8) is 0 Å². The van der Waals surface area contributed by atoms with Crippen molar-refractivity contribution in [1.29, 1.82) is 0 Å². The number of carbonyl (C=O) groups excluding carboxylic acids is 1. The first-order valence-corrected chi connectivity index (χ1v) is 8.57. The molecule has 2 unspecified atom stereocenters. The van der Waals surface area contributed by atoms with E-state index in [-0.39, 0.29) is 17.9 Å². The zero-order valence-corrected chi connectivity index (χ0v) is 13.9. The highest BCUT2D eigenvalue weighted by Gasteiger charge is 2.33. The van der Waals surface area contributed by atoms with Gasteiger partial charge in [0.1, 0.15) is 6.10 Å². The van der Waals surface area contributed by atoms with Gasteiger partial charge in [-0.15, -0.1) is 0 Å². The van der Waals surface area contributed by atoms with Gasteiger partial charge in [0, 0.05) is 18.9 Å². The number of aromatic nitrogens is 3. The topological polar surface area (TPSA) is 71.1 Å². The molecule has 1 aromatic heterocycles. The smallest absolute Gasteiger partial charge is 0.226 e. The number of hydrogen-bond acceptors (Lipinski definition) is 4. The number of fused-ring (bicyclic) bond motifs is 1. The van der Waals surface area contributed by atoms with E-state index in [1.54, 1.807) is 0 Å². The lowest BCUT2D eigenvalue weighted by Gasteiger charge is -2.36. The molecule has 126 valence electrons. The van der Waals surface area contributed by atoms with Crippen LogP contribution in [0.1, 0.15) is 35.0 Å². The predicted octanol–water partition coefficient (Wildman–Crippen LogP) is 1.82. The van der Waals surface area contributed by atoms with Gasteiger partial charge in [-0.3, -0.25) is 4.79 Å². The van der Waals surface area contributed by atoms with Gasteiger partial charge in [-0.25, -0.2) is 0 Å². The second-order valence-corrected chi connectivity index (χ2v) is 6.66. The van der Waals surface area contributed by atoms with Crippen LogP contribution in [0.15, 0.2) is 24.3 Å². The summed E-state index contributed by atoms with van der Waals surface area (Å²) in [7, 11) is 0. The molecule has 2 aliphatic rings. The maximum absolute atomic E-state index is 13.0. The molecule has 2 heterocycles. The summed E-state index contributed by atoms with van der Waals surface area (Å²) >= 11 is 0. The Labute approximate surface area is 141 Å². The Bertz CT molecular complexity index is 742. The van der Waals surface area contributed by atoms with Gasteiger partial charge >= 0.3 is 0 Å². The van der Waals surface area contributed by atoms with E-state index in [2.05, 4.69) is 34.5 Å². The van der Waals surface area contributed by atoms with Gasteiger partial charge in [0.15, 0.2) is 0 Å². The minimum absolute atomic E-state index is 0.0122. The van der Waals surface area contributed by atoms with Gasteiger partial charge in [0.25, 0.3) is 0 Å². The lowest BCUT2D eigenvalue weighted by molar-refractivity contribution is -0.143. The van der Waals surface area contributed by atoms with Crippen LogP contribution < -0.4 is 0 Å². The maximum atomic E-state index is 13.0. The molecule has 0 bridgehead atoms. The van der Waals surface area contributed by atoms with Gasteiger partial charge in [0.2, 0.25) is 5.91 Å². The Morgan fingerprint density at radius 1 is 1.29 bits per heavy atom. The van der Waals surface area contributed by atoms with Crippen molar-refractivity contribution in [3.05, 3.63) is 46.8 Å². The van der Waals surface area contributed by atoms with E-state index >= 15 is 0 Å². The van der Waals surface area contributed by atoms with Crippen LogP contribution in [0.3, 0.4) is 0 Å². The molecule has 1 aromatic carbocycles. The maximum Gasteiger partial charge on any atom is 0.226 e. The fourth-order valence-electron chi connectivity index (χ4n) is 3.74. The van der Waals surface area contributed by atoms with Crippen LogP contribution >= 0.6 is 0 Å². The lowest BCUT2D eigenvalue weighted by atomic mass is 9.88. The van der Waals surface area contributed by atoms with E-state index < -0.39 is 0 Å². The van der Waals surface area contributed by atoms with Crippen LogP contribution in [0.25, 0.3) is 0 Å². The number of hydrogen-bond donors (Lipinski definition) is 1. The molecule has 0 saturated carbocycles. The molecule has 1 saturated heterocycles. The zero-order valence-electron chi connectivity index (χ0n) is 13.9. The molecule has 2 atom stereocenters. The molecule has 1 aliphatic carbocycles. The van der Waals surface area contributed by atoms with Crippen molar-refractivity contribution in [1.82, 2.24) is 20.3 Å². The van der Waals surface area contributed by atoms with Gasteiger partial charge in [-0.2, -0.15) is 15.4 Å². The van der Waals surface area contributed by atoms with Crippen LogP contribution in [0.4, 0.5) is 0 Å². The van der Waals surface area contributed by atoms with E-state index in [0.29, 0.717) is 26.1 Å². The van der Waals surface area contributed by atoms with Gasteiger partial charge in [-0.05, 0) is 30.9 Å². The third-order valence-corrected chi connectivity index (χ3v) is 5.14. The molecule has 24 heavy (non-hydrogen) atoms. The molecule has 1 amide bonds. The standard InChI is InChI=1S/C18H22N4O2/c1-12-4-2-3-5-14(12)17-11-22(8-9-24-17)18(23)13-6-7-15-16(10-13)20-21-19-15/h2-5,13,17H,6-11H2,1H3,(H,19,20,21). The number of ether oxygens (including phenoxy) is 1. The van der Waals surface area contributed by atoms with Gasteiger partial charge in [0.05, 0.1) is 24.5 Å². The van der Waals surface area contributed by atoms with Crippen LogP contribution in [0.2, 0.25) is 0 Å². The SMILES string of the molecule is Cc1ccccc1C1CN(C(=O)C2CCc3n[nH]nc3C2)CCO1. The minimum atomic E-state index is -0.0323. The molecule has 4 rings (SSSR count). The number of amides is 1. The quantitative estimate of drug-likeness (QED) is 0.914. The van der Waals surface area contributed by atoms with E-state index in [9.17, 15) is 4.79 Å². The second-order valence-electron chi connectivity index (χ2n) is 6.66. The molecule has 2 aromatic rings. The summed E-state index contributed by atoms with van der Waals surface area (Å²) in [5, 5.41) is 11.0. The largest absolute Gasteiger partial charge is 0.370 e. The van der Waals surface area contributed by atoms with Gasteiger partial charge in [-0.1, -0.05) is 24.3 Å². The van der Waals surface area contributed by atoms with E-state index in [1.165, 1.54) is 11.1 Å². The first-order valence-electron chi connectivity index (χ1n) is 8.57. The van der Waals surface area contributed by atoms with Crippen LogP contribution in [-0.4, -0.2) is 45.9 Å². The van der Waals surface area contributed by atoms with Crippen molar-refractivity contribution in [3.8, 4) is 0 Å². The number of benzene rings is 1. The average Bonchev–Trinajstić information content (AvgIpc) is 3.09. The van der Waals surface area contributed by atoms with Crippen molar-refractivity contribution in [2.45, 2.75) is 32.3 Å².